The lowest BCUT2D eigenvalue weighted by Crippen LogP contribution is -2.20. The van der Waals surface area contributed by atoms with Gasteiger partial charge in [-0.1, -0.05) is 6.07 Å². The van der Waals surface area contributed by atoms with Crippen molar-refractivity contribution < 1.29 is 18.7 Å². The van der Waals surface area contributed by atoms with Crippen LogP contribution in [0.5, 0.6) is 0 Å². The van der Waals surface area contributed by atoms with Crippen molar-refractivity contribution in [2.24, 2.45) is 0 Å². The highest BCUT2D eigenvalue weighted by atomic mass is 19.2. The Bertz CT molecular complexity index is 368. The van der Waals surface area contributed by atoms with E-state index in [2.05, 4.69) is 5.32 Å². The summed E-state index contributed by atoms with van der Waals surface area (Å²) < 4.78 is 25.9. The van der Waals surface area contributed by atoms with Crippen LogP contribution in [0, 0.1) is 11.6 Å². The molecule has 1 aromatic carbocycles. The van der Waals surface area contributed by atoms with Gasteiger partial charge in [-0.3, -0.25) is 4.79 Å². The minimum absolute atomic E-state index is 0.0243. The third-order valence-electron chi connectivity index (χ3n) is 1.83. The molecule has 1 rings (SSSR count). The maximum absolute atomic E-state index is 13.1. The molecule has 0 radical (unpaired) electrons. The summed E-state index contributed by atoms with van der Waals surface area (Å²) >= 11 is 0. The first-order valence-corrected chi connectivity index (χ1v) is 4.43. The molecular formula is C10H11F2NO2. The van der Waals surface area contributed by atoms with Crippen LogP contribution < -0.4 is 5.32 Å². The molecule has 5 heteroatoms. The molecule has 0 bridgehead atoms. The van der Waals surface area contributed by atoms with Gasteiger partial charge in [-0.15, -0.1) is 0 Å². The van der Waals surface area contributed by atoms with Crippen LogP contribution in [-0.4, -0.2) is 17.1 Å². The number of nitrogens with one attached hydrogen (secondary N) is 1. The fraction of sp³-hybridized carbons (Fsp3) is 0.300. The number of hydrogen-bond donors (Lipinski definition) is 2. The van der Waals surface area contributed by atoms with E-state index in [-0.39, 0.29) is 12.1 Å². The van der Waals surface area contributed by atoms with Gasteiger partial charge in [-0.2, -0.15) is 0 Å². The van der Waals surface area contributed by atoms with Gasteiger partial charge < -0.3 is 10.4 Å². The standard InChI is InChI=1S/C10H11F2NO2/c1-6(5-9(14)15)13-8-4-2-3-7(11)10(8)12/h2-4,6,13H,5H2,1H3,(H,14,15). The number of hydrogen-bond acceptors (Lipinski definition) is 2. The van der Waals surface area contributed by atoms with Crippen molar-refractivity contribution in [2.45, 2.75) is 19.4 Å². The molecule has 0 aliphatic carbocycles. The molecule has 82 valence electrons. The van der Waals surface area contributed by atoms with E-state index < -0.39 is 23.6 Å². The van der Waals surface area contributed by atoms with Crippen molar-refractivity contribution in [3.05, 3.63) is 29.8 Å². The van der Waals surface area contributed by atoms with Gasteiger partial charge in [0.2, 0.25) is 0 Å². The molecular weight excluding hydrogens is 204 g/mol. The van der Waals surface area contributed by atoms with Gasteiger partial charge in [0.25, 0.3) is 0 Å². The van der Waals surface area contributed by atoms with Crippen LogP contribution in [0.4, 0.5) is 14.5 Å². The lowest BCUT2D eigenvalue weighted by atomic mass is 10.2. The molecule has 0 aliphatic rings. The Labute approximate surface area is 85.7 Å². The van der Waals surface area contributed by atoms with E-state index >= 15 is 0 Å². The fourth-order valence-electron chi connectivity index (χ4n) is 1.19. The van der Waals surface area contributed by atoms with E-state index in [1.54, 1.807) is 6.92 Å². The highest BCUT2D eigenvalue weighted by Crippen LogP contribution is 2.17. The maximum Gasteiger partial charge on any atom is 0.305 e. The summed E-state index contributed by atoms with van der Waals surface area (Å²) in [6.07, 6.45) is -0.157. The summed E-state index contributed by atoms with van der Waals surface area (Å²) in [6, 6.07) is 3.26. The molecule has 0 spiro atoms. The molecule has 0 aromatic heterocycles. The molecule has 1 unspecified atom stereocenters. The van der Waals surface area contributed by atoms with Gasteiger partial charge in [0, 0.05) is 6.04 Å². The predicted molar refractivity (Wildman–Crippen MR) is 51.7 cm³/mol. The van der Waals surface area contributed by atoms with Crippen molar-refractivity contribution >= 4 is 11.7 Å². The number of anilines is 1. The monoisotopic (exact) mass is 215 g/mol. The van der Waals surface area contributed by atoms with Crippen LogP contribution in [0.1, 0.15) is 13.3 Å². The molecule has 0 saturated heterocycles. The first kappa shape index (κ1) is 11.4. The number of rotatable bonds is 4. The van der Waals surface area contributed by atoms with Crippen molar-refractivity contribution in [3.8, 4) is 0 Å². The van der Waals surface area contributed by atoms with Crippen molar-refractivity contribution in [1.82, 2.24) is 0 Å². The van der Waals surface area contributed by atoms with Crippen LogP contribution >= 0.6 is 0 Å². The van der Waals surface area contributed by atoms with E-state index in [0.29, 0.717) is 0 Å². The predicted octanol–water partition coefficient (Wildman–Crippen LogP) is 2.24. The minimum Gasteiger partial charge on any atom is -0.481 e. The minimum atomic E-state index is -0.994. The third-order valence-corrected chi connectivity index (χ3v) is 1.83. The molecule has 0 heterocycles. The zero-order valence-electron chi connectivity index (χ0n) is 8.13. The van der Waals surface area contributed by atoms with Crippen LogP contribution in [0.25, 0.3) is 0 Å². The average molecular weight is 215 g/mol. The van der Waals surface area contributed by atoms with Crippen molar-refractivity contribution in [3.63, 3.8) is 0 Å². The van der Waals surface area contributed by atoms with Crippen LogP contribution in [-0.2, 0) is 4.79 Å². The van der Waals surface area contributed by atoms with E-state index in [4.69, 9.17) is 5.11 Å². The Kier molecular flexibility index (Phi) is 3.60. The molecule has 1 aromatic rings. The summed E-state index contributed by atoms with van der Waals surface area (Å²) in [5.74, 6) is -2.94. The second kappa shape index (κ2) is 4.72. The molecule has 0 aliphatic heterocycles. The normalized spacial score (nSPS) is 12.2. The largest absolute Gasteiger partial charge is 0.481 e. The van der Waals surface area contributed by atoms with Gasteiger partial charge in [-0.25, -0.2) is 8.78 Å². The van der Waals surface area contributed by atoms with Crippen LogP contribution in [0.15, 0.2) is 18.2 Å². The first-order chi connectivity index (χ1) is 7.00. The smallest absolute Gasteiger partial charge is 0.305 e. The number of carboxylic acid groups (broad SMARTS) is 1. The zero-order chi connectivity index (χ0) is 11.4. The van der Waals surface area contributed by atoms with Crippen LogP contribution in [0.3, 0.4) is 0 Å². The maximum atomic E-state index is 13.1. The second-order valence-electron chi connectivity index (χ2n) is 3.24. The summed E-state index contributed by atoms with van der Waals surface area (Å²) in [5, 5.41) is 11.1. The van der Waals surface area contributed by atoms with E-state index in [0.717, 1.165) is 6.07 Å². The van der Waals surface area contributed by atoms with Crippen molar-refractivity contribution in [2.75, 3.05) is 5.32 Å². The molecule has 0 fully saturated rings. The van der Waals surface area contributed by atoms with E-state index in [1.165, 1.54) is 12.1 Å². The first-order valence-electron chi connectivity index (χ1n) is 4.43. The number of aliphatic carboxylic acids is 1. The quantitative estimate of drug-likeness (QED) is 0.809. The summed E-state index contributed by atoms with van der Waals surface area (Å²) in [4.78, 5) is 10.3. The Balaban J connectivity index is 2.72. The number of carboxylic acids is 1. The van der Waals surface area contributed by atoms with E-state index in [1.807, 2.05) is 0 Å². The Morgan fingerprint density at radius 3 is 2.80 bits per heavy atom. The van der Waals surface area contributed by atoms with Crippen LogP contribution in [0.2, 0.25) is 0 Å². The lowest BCUT2D eigenvalue weighted by molar-refractivity contribution is -0.137. The second-order valence-corrected chi connectivity index (χ2v) is 3.24. The number of benzene rings is 1. The van der Waals surface area contributed by atoms with Gasteiger partial charge in [0.1, 0.15) is 0 Å². The average Bonchev–Trinajstić information content (AvgIpc) is 2.11. The topological polar surface area (TPSA) is 49.3 Å². The molecule has 0 amide bonds. The highest BCUT2D eigenvalue weighted by Gasteiger charge is 2.11. The number of carbonyl (C=O) groups is 1. The highest BCUT2D eigenvalue weighted by molar-refractivity contribution is 5.68. The Morgan fingerprint density at radius 2 is 2.20 bits per heavy atom. The molecule has 3 nitrogen and oxygen atoms in total. The SMILES string of the molecule is CC(CC(=O)O)Nc1cccc(F)c1F. The molecule has 1 atom stereocenters. The van der Waals surface area contributed by atoms with E-state index in [9.17, 15) is 13.6 Å². The summed E-state index contributed by atoms with van der Waals surface area (Å²) in [5.41, 5.74) is -0.0243. The van der Waals surface area contributed by atoms with Gasteiger partial charge >= 0.3 is 5.97 Å². The summed E-state index contributed by atoms with van der Waals surface area (Å²) in [7, 11) is 0. The fourth-order valence-corrected chi connectivity index (χ4v) is 1.19. The van der Waals surface area contributed by atoms with Gasteiger partial charge in [0.15, 0.2) is 11.6 Å². The third kappa shape index (κ3) is 3.19. The molecule has 2 N–H and O–H groups in total. The zero-order valence-corrected chi connectivity index (χ0v) is 8.13. The Hall–Kier alpha value is -1.65. The lowest BCUT2D eigenvalue weighted by Gasteiger charge is -2.13. The number of halogens is 2. The molecule has 0 saturated carbocycles. The van der Waals surface area contributed by atoms with Gasteiger partial charge in [-0.05, 0) is 19.1 Å². The van der Waals surface area contributed by atoms with Crippen molar-refractivity contribution in [1.29, 1.82) is 0 Å². The van der Waals surface area contributed by atoms with Gasteiger partial charge in [0.05, 0.1) is 12.1 Å². The summed E-state index contributed by atoms with van der Waals surface area (Å²) in [6.45, 7) is 1.58. The Morgan fingerprint density at radius 1 is 1.53 bits per heavy atom. The molecule has 15 heavy (non-hydrogen) atoms.